The zero-order valence-electron chi connectivity index (χ0n) is 22.2. The van der Waals surface area contributed by atoms with Gasteiger partial charge in [0.2, 0.25) is 5.91 Å². The standard InChI is InChI=1S/C20H25N3O.C9H9I2NO3/c1-4-23(5-2)20(24)14-9-16-15-7-6-8-17-19(15)13(11-21-17)10-18(16)22(3)12-14;10-5-1-4(2-6(11)8(5)13)3-7(12)9(14)15/h6-9,11,14,18,21H,4-5,10,12H2,1-3H3;1-2,7,13H,3,12H2,(H,14,15)/t14-,18-;7-/m10/s1. The molecule has 1 aliphatic carbocycles. The van der Waals surface area contributed by atoms with E-state index in [-0.39, 0.29) is 24.0 Å². The number of benzene rings is 2. The number of nitrogens with one attached hydrogen (secondary N) is 1. The molecule has 3 atom stereocenters. The summed E-state index contributed by atoms with van der Waals surface area (Å²) in [4.78, 5) is 31.1. The second kappa shape index (κ2) is 12.6. The minimum absolute atomic E-state index is 0.0445. The van der Waals surface area contributed by atoms with Gasteiger partial charge in [-0.1, -0.05) is 18.2 Å². The van der Waals surface area contributed by atoms with Crippen LogP contribution in [-0.4, -0.2) is 75.6 Å². The van der Waals surface area contributed by atoms with Gasteiger partial charge in [-0.3, -0.25) is 14.5 Å². The van der Waals surface area contributed by atoms with E-state index in [1.165, 1.54) is 27.6 Å². The topological polar surface area (TPSA) is 123 Å². The molecule has 3 aromatic rings. The Bertz CT molecular complexity index is 1390. The molecule has 0 fully saturated rings. The first kappa shape index (κ1) is 29.8. The van der Waals surface area contributed by atoms with E-state index in [2.05, 4.69) is 61.3 Å². The molecule has 0 spiro atoms. The predicted molar refractivity (Wildman–Crippen MR) is 171 cm³/mol. The van der Waals surface area contributed by atoms with Gasteiger partial charge in [0.15, 0.2) is 0 Å². The molecule has 8 nitrogen and oxygen atoms in total. The van der Waals surface area contributed by atoms with Gasteiger partial charge in [0.1, 0.15) is 11.8 Å². The number of phenolic OH excluding ortho intramolecular Hbond substituents is 1. The molecule has 2 heterocycles. The molecule has 5 rings (SSSR count). The molecule has 208 valence electrons. The molecule has 0 saturated carbocycles. The predicted octanol–water partition coefficient (Wildman–Crippen LogP) is 4.46. The van der Waals surface area contributed by atoms with Gasteiger partial charge in [-0.2, -0.15) is 0 Å². The quantitative estimate of drug-likeness (QED) is 0.276. The number of fused-ring (bicyclic) bond motifs is 2. The minimum Gasteiger partial charge on any atom is -0.506 e. The molecule has 5 N–H and O–H groups in total. The van der Waals surface area contributed by atoms with E-state index >= 15 is 0 Å². The van der Waals surface area contributed by atoms with Gasteiger partial charge in [0.25, 0.3) is 0 Å². The zero-order chi connectivity index (χ0) is 28.4. The molecular weight excluding hydrogens is 722 g/mol. The molecule has 0 unspecified atom stereocenters. The van der Waals surface area contributed by atoms with Crippen LogP contribution >= 0.6 is 45.2 Å². The van der Waals surface area contributed by atoms with Crippen molar-refractivity contribution in [1.29, 1.82) is 0 Å². The van der Waals surface area contributed by atoms with E-state index < -0.39 is 12.0 Å². The van der Waals surface area contributed by atoms with Crippen LogP contribution in [0, 0.1) is 13.1 Å². The fourth-order valence-electron chi connectivity index (χ4n) is 5.45. The lowest BCUT2D eigenvalue weighted by atomic mass is 9.79. The van der Waals surface area contributed by atoms with Crippen LogP contribution in [0.15, 0.2) is 42.6 Å². The number of nitrogens with two attached hydrogens (primary N) is 1. The number of rotatable bonds is 6. The second-order valence-electron chi connectivity index (χ2n) is 10.00. The van der Waals surface area contributed by atoms with Crippen LogP contribution in [0.3, 0.4) is 0 Å². The molecule has 0 bridgehead atoms. The number of hydrogen-bond acceptors (Lipinski definition) is 5. The summed E-state index contributed by atoms with van der Waals surface area (Å²) < 4.78 is 1.40. The van der Waals surface area contributed by atoms with Crippen LogP contribution in [-0.2, 0) is 22.4 Å². The lowest BCUT2D eigenvalue weighted by Gasteiger charge is -2.40. The van der Waals surface area contributed by atoms with E-state index in [1.54, 1.807) is 12.1 Å². The molecule has 2 aliphatic rings. The second-order valence-corrected chi connectivity index (χ2v) is 12.3. The van der Waals surface area contributed by atoms with Crippen molar-refractivity contribution in [3.8, 4) is 5.75 Å². The fraction of sp³-hybridized carbons (Fsp3) is 0.379. The summed E-state index contributed by atoms with van der Waals surface area (Å²) in [7, 11) is 2.15. The van der Waals surface area contributed by atoms with Gasteiger partial charge >= 0.3 is 5.97 Å². The average Bonchev–Trinajstić information content (AvgIpc) is 3.33. The van der Waals surface area contributed by atoms with Crippen LogP contribution in [0.4, 0.5) is 0 Å². The number of carboxylic acids is 1. The van der Waals surface area contributed by atoms with Crippen molar-refractivity contribution < 1.29 is 19.8 Å². The van der Waals surface area contributed by atoms with Crippen LogP contribution in [0.25, 0.3) is 16.5 Å². The highest BCUT2D eigenvalue weighted by Gasteiger charge is 2.36. The van der Waals surface area contributed by atoms with Gasteiger partial charge in [-0.05, 0) is 119 Å². The number of amides is 1. The fourth-order valence-corrected chi connectivity index (χ4v) is 7.35. The summed E-state index contributed by atoms with van der Waals surface area (Å²) >= 11 is 3.99. The Morgan fingerprint density at radius 3 is 2.49 bits per heavy atom. The molecule has 0 radical (unpaired) electrons. The first-order valence-corrected chi connectivity index (χ1v) is 15.2. The van der Waals surface area contributed by atoms with Crippen molar-refractivity contribution in [2.75, 3.05) is 26.7 Å². The first-order chi connectivity index (χ1) is 18.5. The number of aliphatic carboxylic acids is 1. The summed E-state index contributed by atoms with van der Waals surface area (Å²) in [5.41, 5.74) is 11.4. The van der Waals surface area contributed by atoms with Crippen LogP contribution in [0.1, 0.15) is 30.5 Å². The number of aromatic nitrogens is 1. The van der Waals surface area contributed by atoms with Gasteiger partial charge in [-0.25, -0.2) is 0 Å². The summed E-state index contributed by atoms with van der Waals surface area (Å²) in [6, 6.07) is 9.39. The number of carbonyl (C=O) groups is 2. The van der Waals surface area contributed by atoms with Gasteiger partial charge in [0.05, 0.1) is 13.1 Å². The maximum Gasteiger partial charge on any atom is 0.320 e. The Balaban J connectivity index is 0.000000204. The zero-order valence-corrected chi connectivity index (χ0v) is 26.6. The summed E-state index contributed by atoms with van der Waals surface area (Å²) in [6.45, 7) is 6.47. The van der Waals surface area contributed by atoms with Crippen molar-refractivity contribution >= 4 is 73.5 Å². The van der Waals surface area contributed by atoms with E-state index in [0.717, 1.165) is 31.6 Å². The highest BCUT2D eigenvalue weighted by Crippen LogP contribution is 2.41. The number of carbonyl (C=O) groups excluding carboxylic acids is 1. The SMILES string of the molecule is CCN(CC)C(=O)[C@@H]1C=C2c3cccc4[nH]cc(c34)C[C@H]2N(C)C1.N[C@@H](Cc1cc(I)c(O)c(I)c1)C(=O)O. The molecule has 1 aromatic heterocycles. The van der Waals surface area contributed by atoms with Crippen LogP contribution < -0.4 is 5.73 Å². The molecule has 1 amide bonds. The smallest absolute Gasteiger partial charge is 0.320 e. The molecular formula is C29H34I2N4O4. The lowest BCUT2D eigenvalue weighted by molar-refractivity contribution is -0.138. The third-order valence-corrected chi connectivity index (χ3v) is 9.15. The number of H-pyrrole nitrogens is 1. The largest absolute Gasteiger partial charge is 0.506 e. The Morgan fingerprint density at radius 1 is 1.21 bits per heavy atom. The van der Waals surface area contributed by atoms with E-state index in [1.807, 2.05) is 50.1 Å². The van der Waals surface area contributed by atoms with Crippen molar-refractivity contribution in [3.05, 3.63) is 66.4 Å². The summed E-state index contributed by atoms with van der Waals surface area (Å²) in [5.74, 6) is -0.585. The molecule has 10 heteroatoms. The first-order valence-electron chi connectivity index (χ1n) is 13.0. The van der Waals surface area contributed by atoms with Crippen molar-refractivity contribution in [1.82, 2.24) is 14.8 Å². The van der Waals surface area contributed by atoms with E-state index in [0.29, 0.717) is 13.2 Å². The Kier molecular flexibility index (Phi) is 9.61. The normalized spacial score (nSPS) is 19.0. The number of nitrogens with zero attached hydrogens (tertiary/aromatic N) is 2. The van der Waals surface area contributed by atoms with Crippen LogP contribution in [0.5, 0.6) is 5.75 Å². The highest BCUT2D eigenvalue weighted by atomic mass is 127. The molecule has 39 heavy (non-hydrogen) atoms. The molecule has 0 saturated heterocycles. The maximum absolute atomic E-state index is 12.9. The van der Waals surface area contributed by atoms with Gasteiger partial charge < -0.3 is 25.8 Å². The third-order valence-electron chi connectivity index (χ3n) is 7.51. The number of likely N-dealkylation sites (N-methyl/N-ethyl adjacent to an activating group) is 1. The van der Waals surface area contributed by atoms with E-state index in [4.69, 9.17) is 10.8 Å². The van der Waals surface area contributed by atoms with Crippen molar-refractivity contribution in [2.45, 2.75) is 38.8 Å². The number of phenols is 1. The minimum atomic E-state index is -1.02. The Labute approximate surface area is 255 Å². The third kappa shape index (κ3) is 6.28. The van der Waals surface area contributed by atoms with E-state index in [9.17, 15) is 14.7 Å². The average molecular weight is 756 g/mol. The Hall–Kier alpha value is -2.16. The molecule has 1 aliphatic heterocycles. The number of carboxylic acid groups (broad SMARTS) is 1. The van der Waals surface area contributed by atoms with Crippen molar-refractivity contribution in [3.63, 3.8) is 0 Å². The lowest BCUT2D eigenvalue weighted by Crippen LogP contribution is -2.47. The molecule has 2 aromatic carbocycles. The number of aromatic amines is 1. The maximum atomic E-state index is 12.9. The van der Waals surface area contributed by atoms with Gasteiger partial charge in [-0.15, -0.1) is 0 Å². The summed E-state index contributed by atoms with van der Waals surface area (Å²) in [5, 5.41) is 19.5. The number of halogens is 2. The van der Waals surface area contributed by atoms with Gasteiger partial charge in [0, 0.05) is 42.8 Å². The summed E-state index contributed by atoms with van der Waals surface area (Å²) in [6.07, 6.45) is 5.68. The van der Waals surface area contributed by atoms with Crippen molar-refractivity contribution in [2.24, 2.45) is 11.7 Å². The Morgan fingerprint density at radius 2 is 1.87 bits per heavy atom. The number of aromatic hydroxyl groups is 1. The van der Waals surface area contributed by atoms with Crippen LogP contribution in [0.2, 0.25) is 0 Å². The highest BCUT2D eigenvalue weighted by molar-refractivity contribution is 14.1. The number of hydrogen-bond donors (Lipinski definition) is 4. The monoisotopic (exact) mass is 756 g/mol.